The lowest BCUT2D eigenvalue weighted by molar-refractivity contribution is -0.137. The third-order valence-electron chi connectivity index (χ3n) is 3.65. The number of methoxy groups -OCH3 is 1. The summed E-state index contributed by atoms with van der Waals surface area (Å²) in [4.78, 5) is 6.44. The number of alkyl halides is 3. The van der Waals surface area contributed by atoms with Gasteiger partial charge in [-0.25, -0.2) is 4.98 Å². The van der Waals surface area contributed by atoms with Crippen molar-refractivity contribution in [3.05, 3.63) is 23.8 Å². The minimum Gasteiger partial charge on any atom is -0.382 e. The standard InChI is InChI=1S/C15H17F3N2O2S/c1-9-6-20(7-11(22-9)8-21-2)14-19-12-5-10(15(16,17)18)3-4-13(12)23-14/h3-5,9,11H,6-8H2,1-2H3. The van der Waals surface area contributed by atoms with E-state index in [1.165, 1.54) is 17.4 Å². The average molecular weight is 346 g/mol. The molecule has 2 heterocycles. The van der Waals surface area contributed by atoms with Gasteiger partial charge in [0.1, 0.15) is 0 Å². The molecule has 23 heavy (non-hydrogen) atoms. The molecule has 0 N–H and O–H groups in total. The molecule has 126 valence electrons. The highest BCUT2D eigenvalue weighted by Crippen LogP contribution is 2.35. The molecule has 1 aromatic heterocycles. The average Bonchev–Trinajstić information content (AvgIpc) is 2.89. The number of ether oxygens (including phenoxy) is 2. The Balaban J connectivity index is 1.87. The highest BCUT2D eigenvalue weighted by atomic mass is 32.1. The fourth-order valence-corrected chi connectivity index (χ4v) is 3.67. The maximum Gasteiger partial charge on any atom is 0.416 e. The Hall–Kier alpha value is -1.38. The Morgan fingerprint density at radius 3 is 2.87 bits per heavy atom. The van der Waals surface area contributed by atoms with Gasteiger partial charge >= 0.3 is 6.18 Å². The van der Waals surface area contributed by atoms with Crippen LogP contribution in [0.2, 0.25) is 0 Å². The van der Waals surface area contributed by atoms with Crippen molar-refractivity contribution in [3.63, 3.8) is 0 Å². The van der Waals surface area contributed by atoms with Gasteiger partial charge in [0.05, 0.1) is 34.6 Å². The first kappa shape index (κ1) is 16.5. The summed E-state index contributed by atoms with van der Waals surface area (Å²) in [5.74, 6) is 0. The summed E-state index contributed by atoms with van der Waals surface area (Å²) >= 11 is 1.40. The van der Waals surface area contributed by atoms with Crippen molar-refractivity contribution in [2.24, 2.45) is 0 Å². The van der Waals surface area contributed by atoms with E-state index < -0.39 is 11.7 Å². The van der Waals surface area contributed by atoms with Crippen molar-refractivity contribution in [1.29, 1.82) is 0 Å². The molecule has 0 aliphatic carbocycles. The second kappa shape index (κ2) is 6.26. The molecule has 4 nitrogen and oxygen atoms in total. The molecule has 0 bridgehead atoms. The lowest BCUT2D eigenvalue weighted by Gasteiger charge is -2.36. The smallest absolute Gasteiger partial charge is 0.382 e. The van der Waals surface area contributed by atoms with Gasteiger partial charge in [0.2, 0.25) is 0 Å². The molecule has 0 radical (unpaired) electrons. The molecule has 1 saturated heterocycles. The summed E-state index contributed by atoms with van der Waals surface area (Å²) in [6, 6.07) is 3.68. The number of hydrogen-bond donors (Lipinski definition) is 0. The molecule has 0 spiro atoms. The third kappa shape index (κ3) is 3.59. The van der Waals surface area contributed by atoms with Crippen molar-refractivity contribution in [2.45, 2.75) is 25.3 Å². The van der Waals surface area contributed by atoms with E-state index in [4.69, 9.17) is 9.47 Å². The number of rotatable bonds is 3. The summed E-state index contributed by atoms with van der Waals surface area (Å²) in [5.41, 5.74) is -0.295. The molecule has 1 aliphatic rings. The van der Waals surface area contributed by atoms with Crippen LogP contribution in [0.25, 0.3) is 10.2 Å². The molecule has 8 heteroatoms. The molecule has 0 saturated carbocycles. The number of nitrogens with zero attached hydrogens (tertiary/aromatic N) is 2. The molecule has 2 unspecified atom stereocenters. The Morgan fingerprint density at radius 1 is 1.39 bits per heavy atom. The predicted octanol–water partition coefficient (Wildman–Crippen LogP) is 3.56. The molecule has 1 aromatic carbocycles. The summed E-state index contributed by atoms with van der Waals surface area (Å²) < 4.78 is 50.1. The molecule has 2 atom stereocenters. The van der Waals surface area contributed by atoms with Gasteiger partial charge < -0.3 is 14.4 Å². The van der Waals surface area contributed by atoms with Crippen LogP contribution in [0.1, 0.15) is 12.5 Å². The van der Waals surface area contributed by atoms with Crippen LogP contribution < -0.4 is 4.90 Å². The molecule has 3 rings (SSSR count). The van der Waals surface area contributed by atoms with Crippen molar-refractivity contribution < 1.29 is 22.6 Å². The summed E-state index contributed by atoms with van der Waals surface area (Å²) in [6.45, 7) is 3.71. The largest absolute Gasteiger partial charge is 0.416 e. The highest BCUT2D eigenvalue weighted by Gasteiger charge is 2.31. The Bertz CT molecular complexity index is 689. The van der Waals surface area contributed by atoms with Crippen LogP contribution in [0.4, 0.5) is 18.3 Å². The Labute approximate surface area is 135 Å². The van der Waals surface area contributed by atoms with Crippen LogP contribution in [0.15, 0.2) is 18.2 Å². The van der Waals surface area contributed by atoms with Gasteiger partial charge in [-0.15, -0.1) is 0 Å². The van der Waals surface area contributed by atoms with Crippen LogP contribution in [0, 0.1) is 0 Å². The molecule has 1 aliphatic heterocycles. The first-order chi connectivity index (χ1) is 10.9. The number of halogens is 3. The number of benzene rings is 1. The first-order valence-corrected chi connectivity index (χ1v) is 8.05. The number of thiazole rings is 1. The first-order valence-electron chi connectivity index (χ1n) is 7.24. The maximum absolute atomic E-state index is 12.8. The second-order valence-corrected chi connectivity index (χ2v) is 6.61. The number of aromatic nitrogens is 1. The van der Waals surface area contributed by atoms with Gasteiger partial charge in [-0.3, -0.25) is 0 Å². The van der Waals surface area contributed by atoms with Crippen LogP contribution in [0.5, 0.6) is 0 Å². The zero-order valence-electron chi connectivity index (χ0n) is 12.8. The zero-order valence-corrected chi connectivity index (χ0v) is 13.6. The van der Waals surface area contributed by atoms with Crippen LogP contribution in [-0.4, -0.2) is 44.0 Å². The van der Waals surface area contributed by atoms with E-state index in [0.29, 0.717) is 25.2 Å². The predicted molar refractivity (Wildman–Crippen MR) is 83.0 cm³/mol. The topological polar surface area (TPSA) is 34.6 Å². The fraction of sp³-hybridized carbons (Fsp3) is 0.533. The number of hydrogen-bond acceptors (Lipinski definition) is 5. The number of anilines is 1. The van der Waals surface area contributed by atoms with E-state index in [1.54, 1.807) is 7.11 Å². The zero-order chi connectivity index (χ0) is 16.6. The second-order valence-electron chi connectivity index (χ2n) is 5.61. The summed E-state index contributed by atoms with van der Waals surface area (Å²) in [6.07, 6.45) is -4.40. The minimum absolute atomic E-state index is 0.0154. The quantitative estimate of drug-likeness (QED) is 0.851. The summed E-state index contributed by atoms with van der Waals surface area (Å²) in [5, 5.41) is 0.718. The van der Waals surface area contributed by atoms with Crippen molar-refractivity contribution >= 4 is 26.7 Å². The highest BCUT2D eigenvalue weighted by molar-refractivity contribution is 7.22. The van der Waals surface area contributed by atoms with Crippen molar-refractivity contribution in [3.8, 4) is 0 Å². The van der Waals surface area contributed by atoms with Gasteiger partial charge in [-0.1, -0.05) is 11.3 Å². The van der Waals surface area contributed by atoms with Crippen LogP contribution >= 0.6 is 11.3 Å². The molecule has 1 fully saturated rings. The normalized spacial score (nSPS) is 22.7. The van der Waals surface area contributed by atoms with Gasteiger partial charge in [0.25, 0.3) is 0 Å². The van der Waals surface area contributed by atoms with E-state index in [1.807, 2.05) is 6.92 Å². The molecule has 2 aromatic rings. The van der Waals surface area contributed by atoms with E-state index >= 15 is 0 Å². The summed E-state index contributed by atoms with van der Waals surface area (Å²) in [7, 11) is 1.61. The van der Waals surface area contributed by atoms with E-state index in [0.717, 1.165) is 22.0 Å². The van der Waals surface area contributed by atoms with E-state index in [-0.39, 0.29) is 12.2 Å². The third-order valence-corrected chi connectivity index (χ3v) is 4.75. The Morgan fingerprint density at radius 2 is 2.17 bits per heavy atom. The van der Waals surface area contributed by atoms with Gasteiger partial charge in [0.15, 0.2) is 5.13 Å². The fourth-order valence-electron chi connectivity index (χ4n) is 2.71. The van der Waals surface area contributed by atoms with Gasteiger partial charge in [-0.05, 0) is 25.1 Å². The van der Waals surface area contributed by atoms with Gasteiger partial charge in [0, 0.05) is 20.2 Å². The number of fused-ring (bicyclic) bond motifs is 1. The molecular formula is C15H17F3N2O2S. The van der Waals surface area contributed by atoms with E-state index in [2.05, 4.69) is 9.88 Å². The molecular weight excluding hydrogens is 329 g/mol. The van der Waals surface area contributed by atoms with Crippen LogP contribution in [-0.2, 0) is 15.7 Å². The van der Waals surface area contributed by atoms with Crippen molar-refractivity contribution in [2.75, 3.05) is 31.7 Å². The van der Waals surface area contributed by atoms with E-state index in [9.17, 15) is 13.2 Å². The maximum atomic E-state index is 12.8. The van der Waals surface area contributed by atoms with Gasteiger partial charge in [-0.2, -0.15) is 13.2 Å². The van der Waals surface area contributed by atoms with Crippen LogP contribution in [0.3, 0.4) is 0 Å². The molecule has 0 amide bonds. The lowest BCUT2D eigenvalue weighted by atomic mass is 10.2. The number of morpholine rings is 1. The SMILES string of the molecule is COCC1CN(c2nc3cc(C(F)(F)F)ccc3s2)CC(C)O1. The monoisotopic (exact) mass is 346 g/mol. The lowest BCUT2D eigenvalue weighted by Crippen LogP contribution is -2.48. The van der Waals surface area contributed by atoms with Crippen molar-refractivity contribution in [1.82, 2.24) is 4.98 Å². The Kier molecular flexibility index (Phi) is 4.48. The minimum atomic E-state index is -4.35.